The van der Waals surface area contributed by atoms with Gasteiger partial charge < -0.3 is 30.7 Å². The second kappa shape index (κ2) is 13.6. The van der Waals surface area contributed by atoms with E-state index in [1.54, 1.807) is 24.3 Å². The van der Waals surface area contributed by atoms with Gasteiger partial charge >= 0.3 is 12.2 Å². The van der Waals surface area contributed by atoms with Crippen molar-refractivity contribution in [3.63, 3.8) is 0 Å². The number of fused-ring (bicyclic) bond motifs is 2. The molecule has 13 heteroatoms. The van der Waals surface area contributed by atoms with E-state index >= 15 is 0 Å². The number of nitrogens with zero attached hydrogens (tertiary/aromatic N) is 3. The first-order valence-corrected chi connectivity index (χ1v) is 12.6. The van der Waals surface area contributed by atoms with Crippen LogP contribution in [0.4, 0.5) is 30.8 Å². The van der Waals surface area contributed by atoms with Crippen molar-refractivity contribution in [2.24, 2.45) is 0 Å². The number of hydrogen-bond acceptors (Lipinski definition) is 9. The van der Waals surface area contributed by atoms with Gasteiger partial charge in [0, 0.05) is 24.3 Å². The average molecular weight is 546 g/mol. The predicted molar refractivity (Wildman–Crippen MR) is 139 cm³/mol. The lowest BCUT2D eigenvalue weighted by molar-refractivity contribution is -0.154. The molecule has 6 rings (SSSR count). The number of carbonyl (C=O) groups excluding carboxylic acids is 1. The monoisotopic (exact) mass is 545 g/mol. The van der Waals surface area contributed by atoms with E-state index in [-0.39, 0.29) is 17.8 Å². The normalized spacial score (nSPS) is 15.6. The number of anilines is 3. The second-order valence-electron chi connectivity index (χ2n) is 8.78. The highest BCUT2D eigenvalue weighted by Crippen LogP contribution is 2.21. The first kappa shape index (κ1) is 27.9. The van der Waals surface area contributed by atoms with Gasteiger partial charge in [-0.15, -0.1) is 0 Å². The van der Waals surface area contributed by atoms with Crippen molar-refractivity contribution < 1.29 is 27.4 Å². The number of benzene rings is 2. The molecular formula is C26H30F3N7O3. The molecule has 0 radical (unpaired) electrons. The van der Waals surface area contributed by atoms with Crippen molar-refractivity contribution >= 4 is 23.5 Å². The number of carbonyl (C=O) groups is 1. The fourth-order valence-electron chi connectivity index (χ4n) is 3.61. The molecule has 4 N–H and O–H groups in total. The number of hydrogen-bond donors (Lipinski definition) is 4. The Morgan fingerprint density at radius 1 is 0.846 bits per heavy atom. The third-order valence-corrected chi connectivity index (χ3v) is 5.59. The number of alkyl halides is 3. The predicted octanol–water partition coefficient (Wildman–Crippen LogP) is 4.05. The van der Waals surface area contributed by atoms with Crippen molar-refractivity contribution in [2.45, 2.75) is 32.0 Å². The van der Waals surface area contributed by atoms with Crippen LogP contribution in [0, 0.1) is 0 Å². The maximum absolute atomic E-state index is 12.7. The molecule has 0 aliphatic carbocycles. The van der Waals surface area contributed by atoms with E-state index in [0.717, 1.165) is 43.7 Å². The van der Waals surface area contributed by atoms with Crippen molar-refractivity contribution in [3.8, 4) is 11.8 Å². The van der Waals surface area contributed by atoms with E-state index in [1.807, 2.05) is 24.3 Å². The number of nitrogens with one attached hydrogen (secondary N) is 4. The minimum atomic E-state index is -4.55. The van der Waals surface area contributed by atoms with Crippen LogP contribution < -0.4 is 30.7 Å². The Morgan fingerprint density at radius 2 is 1.59 bits per heavy atom. The molecule has 6 bridgehead atoms. The second-order valence-corrected chi connectivity index (χ2v) is 8.78. The van der Waals surface area contributed by atoms with Crippen LogP contribution in [0.25, 0.3) is 0 Å². The van der Waals surface area contributed by atoms with E-state index < -0.39 is 18.8 Å². The highest BCUT2D eigenvalue weighted by molar-refractivity contribution is 5.94. The number of rotatable bonds is 2. The first-order valence-electron chi connectivity index (χ1n) is 12.6. The molecule has 39 heavy (non-hydrogen) atoms. The Balaban J connectivity index is 1.52. The Kier molecular flexibility index (Phi) is 9.73. The molecule has 2 aromatic carbocycles. The van der Waals surface area contributed by atoms with Gasteiger partial charge in [0.05, 0.1) is 6.61 Å². The van der Waals surface area contributed by atoms with Gasteiger partial charge in [0.1, 0.15) is 5.75 Å². The summed E-state index contributed by atoms with van der Waals surface area (Å²) in [6.45, 7) is 1.55. The van der Waals surface area contributed by atoms with Crippen LogP contribution in [0.3, 0.4) is 0 Å². The molecule has 0 saturated carbocycles. The summed E-state index contributed by atoms with van der Waals surface area (Å²) in [5, 5.41) is 12.2. The van der Waals surface area contributed by atoms with Gasteiger partial charge in [-0.1, -0.05) is 12.1 Å². The molecule has 1 amide bonds. The number of ether oxygens (including phenoxy) is 2. The Hall–Kier alpha value is -4.13. The summed E-state index contributed by atoms with van der Waals surface area (Å²) >= 11 is 0. The van der Waals surface area contributed by atoms with Crippen LogP contribution in [-0.4, -0.2) is 59.9 Å². The van der Waals surface area contributed by atoms with Gasteiger partial charge in [-0.05, 0) is 74.3 Å². The highest BCUT2D eigenvalue weighted by Gasteiger charge is 2.29. The van der Waals surface area contributed by atoms with Crippen molar-refractivity contribution in [2.75, 3.05) is 43.5 Å². The molecule has 3 aliphatic heterocycles. The molecule has 1 aromatic heterocycles. The SMILES string of the molecule is O=C1NCCCNCCCCOc2ccc(cc2)CNc2nc(nc(OCC(F)(F)F)n2)Nc2ccc1cc2. The zero-order valence-electron chi connectivity index (χ0n) is 21.2. The molecule has 0 spiro atoms. The Bertz CT molecular complexity index is 1210. The average Bonchev–Trinajstić information content (AvgIpc) is 2.92. The largest absolute Gasteiger partial charge is 0.494 e. The standard InChI is InChI=1S/C26H30F3N7O3/c27-26(28,29)17-39-25-35-23-32-16-18-4-10-21(11-5-18)38-15-2-1-12-30-13-3-14-31-22(37)19-6-8-20(9-7-19)33-24(34-23)36-25/h4-11,30H,1-3,12-17H2,(H,31,37)(H2,32,33,34,35,36). The van der Waals surface area contributed by atoms with Gasteiger partial charge in [-0.25, -0.2) is 0 Å². The molecule has 0 fully saturated rings. The van der Waals surface area contributed by atoms with Crippen LogP contribution >= 0.6 is 0 Å². The van der Waals surface area contributed by atoms with Crippen LogP contribution in [0.15, 0.2) is 48.5 Å². The molecule has 0 unspecified atom stereocenters. The van der Waals surface area contributed by atoms with Gasteiger partial charge in [0.25, 0.3) is 5.91 Å². The maximum Gasteiger partial charge on any atom is 0.422 e. The van der Waals surface area contributed by atoms with Crippen LogP contribution in [0.2, 0.25) is 0 Å². The van der Waals surface area contributed by atoms with Crippen molar-refractivity contribution in [1.29, 1.82) is 0 Å². The lowest BCUT2D eigenvalue weighted by atomic mass is 10.2. The molecule has 10 nitrogen and oxygen atoms in total. The smallest absolute Gasteiger partial charge is 0.422 e. The van der Waals surface area contributed by atoms with E-state index in [4.69, 9.17) is 9.47 Å². The van der Waals surface area contributed by atoms with Gasteiger partial charge in [0.15, 0.2) is 6.61 Å². The third-order valence-electron chi connectivity index (χ3n) is 5.59. The van der Waals surface area contributed by atoms with Gasteiger partial charge in [-0.3, -0.25) is 4.79 Å². The van der Waals surface area contributed by atoms with E-state index in [1.165, 1.54) is 0 Å². The highest BCUT2D eigenvalue weighted by atomic mass is 19.4. The fourth-order valence-corrected chi connectivity index (χ4v) is 3.61. The van der Waals surface area contributed by atoms with Crippen LogP contribution in [0.5, 0.6) is 11.8 Å². The number of amides is 1. The van der Waals surface area contributed by atoms with E-state index in [0.29, 0.717) is 30.9 Å². The molecule has 4 heterocycles. The molecule has 3 aliphatic rings. The minimum Gasteiger partial charge on any atom is -0.494 e. The molecule has 3 aromatic rings. The minimum absolute atomic E-state index is 0.0244. The van der Waals surface area contributed by atoms with E-state index in [2.05, 4.69) is 36.2 Å². The zero-order chi connectivity index (χ0) is 27.5. The quantitative estimate of drug-likeness (QED) is 0.378. The maximum atomic E-state index is 12.7. The Morgan fingerprint density at radius 3 is 2.36 bits per heavy atom. The van der Waals surface area contributed by atoms with E-state index in [9.17, 15) is 18.0 Å². The number of halogens is 3. The topological polar surface area (TPSA) is 122 Å². The van der Waals surface area contributed by atoms with Crippen LogP contribution in [-0.2, 0) is 6.54 Å². The molecule has 208 valence electrons. The van der Waals surface area contributed by atoms with Gasteiger partial charge in [0.2, 0.25) is 11.9 Å². The summed E-state index contributed by atoms with van der Waals surface area (Å²) in [6, 6.07) is 13.5. The summed E-state index contributed by atoms with van der Waals surface area (Å²) in [4.78, 5) is 24.6. The first-order chi connectivity index (χ1) is 18.8. The summed E-state index contributed by atoms with van der Waals surface area (Å²) in [6.07, 6.45) is -1.89. The zero-order valence-corrected chi connectivity index (χ0v) is 21.2. The molecular weight excluding hydrogens is 515 g/mol. The Labute approximate surface area is 223 Å². The fraction of sp³-hybridized carbons (Fsp3) is 0.385. The molecule has 0 saturated heterocycles. The lowest BCUT2D eigenvalue weighted by Crippen LogP contribution is -2.27. The van der Waals surface area contributed by atoms with Gasteiger partial charge in [-0.2, -0.15) is 28.1 Å². The third kappa shape index (κ3) is 9.60. The lowest BCUT2D eigenvalue weighted by Gasteiger charge is -2.12. The molecule has 0 atom stereocenters. The summed E-state index contributed by atoms with van der Waals surface area (Å²) in [5.41, 5.74) is 1.88. The summed E-state index contributed by atoms with van der Waals surface area (Å²) < 4.78 is 48.7. The number of aromatic nitrogens is 3. The summed E-state index contributed by atoms with van der Waals surface area (Å²) in [5.74, 6) is 0.544. The van der Waals surface area contributed by atoms with Crippen molar-refractivity contribution in [1.82, 2.24) is 25.6 Å². The summed E-state index contributed by atoms with van der Waals surface area (Å²) in [7, 11) is 0. The van der Waals surface area contributed by atoms with Crippen LogP contribution in [0.1, 0.15) is 35.2 Å². The van der Waals surface area contributed by atoms with Crippen molar-refractivity contribution in [3.05, 3.63) is 59.7 Å².